The highest BCUT2D eigenvalue weighted by Crippen LogP contribution is 2.46. The highest BCUT2D eigenvalue weighted by atomic mass is 35.5. The maximum absolute atomic E-state index is 13.2. The number of pyridine rings is 1. The number of likely N-dealkylation sites (N-methyl/N-ethyl adjacent to an activating group) is 1. The van der Waals surface area contributed by atoms with Crippen LogP contribution in [0, 0.1) is 0 Å². The van der Waals surface area contributed by atoms with E-state index in [1.807, 2.05) is 23.1 Å². The van der Waals surface area contributed by atoms with Crippen molar-refractivity contribution >= 4 is 23.3 Å². The third-order valence-electron chi connectivity index (χ3n) is 8.00. The molecule has 2 aromatic heterocycles. The van der Waals surface area contributed by atoms with Crippen molar-refractivity contribution < 1.29 is 22.7 Å². The molecule has 9 nitrogen and oxygen atoms in total. The number of halogens is 4. The van der Waals surface area contributed by atoms with Gasteiger partial charge in [0.05, 0.1) is 12.2 Å². The van der Waals surface area contributed by atoms with Gasteiger partial charge in [0.15, 0.2) is 17.4 Å². The van der Waals surface area contributed by atoms with Crippen molar-refractivity contribution in [3.05, 3.63) is 58.8 Å². The zero-order valence-corrected chi connectivity index (χ0v) is 22.9. The lowest BCUT2D eigenvalue weighted by atomic mass is 9.95. The van der Waals surface area contributed by atoms with E-state index >= 15 is 0 Å². The molecule has 0 unspecified atom stereocenters. The van der Waals surface area contributed by atoms with E-state index in [9.17, 15) is 18.0 Å². The minimum Gasteiger partial charge on any atom is -0.402 e. The van der Waals surface area contributed by atoms with E-state index in [4.69, 9.17) is 11.6 Å². The molecule has 1 saturated carbocycles. The molecule has 4 heterocycles. The number of alkyl halides is 3. The lowest BCUT2D eigenvalue weighted by Crippen LogP contribution is -2.48. The molecule has 0 N–H and O–H groups in total. The van der Waals surface area contributed by atoms with Crippen molar-refractivity contribution in [1.82, 2.24) is 29.5 Å². The number of ether oxygens (including phenoxy) is 1. The van der Waals surface area contributed by atoms with Gasteiger partial charge >= 0.3 is 6.36 Å². The third-order valence-corrected chi connectivity index (χ3v) is 8.24. The van der Waals surface area contributed by atoms with Crippen LogP contribution in [0.15, 0.2) is 36.5 Å². The molecule has 212 valence electrons. The maximum Gasteiger partial charge on any atom is 0.573 e. The van der Waals surface area contributed by atoms with Crippen molar-refractivity contribution in [2.24, 2.45) is 0 Å². The van der Waals surface area contributed by atoms with Crippen LogP contribution >= 0.6 is 11.6 Å². The first-order valence-corrected chi connectivity index (χ1v) is 13.6. The van der Waals surface area contributed by atoms with Crippen LogP contribution in [-0.4, -0.2) is 74.5 Å². The lowest BCUT2D eigenvalue weighted by molar-refractivity contribution is -0.274. The summed E-state index contributed by atoms with van der Waals surface area (Å²) in [7, 11) is 3.56. The molecule has 3 aromatic rings. The summed E-state index contributed by atoms with van der Waals surface area (Å²) in [5.41, 5.74) is 1.36. The average molecular weight is 576 g/mol. The SMILES string of the molecule is CN(C)C(=O)C1(N2Cc3cc(Cl)ccc3-n3c(nnc3C3CCN(c4ncccc4OC(F)(F)F)CC3)C2)CC1. The molecule has 0 bridgehead atoms. The van der Waals surface area contributed by atoms with Crippen molar-refractivity contribution in [3.63, 3.8) is 0 Å². The summed E-state index contributed by atoms with van der Waals surface area (Å²) in [4.78, 5) is 23.0. The fourth-order valence-electron chi connectivity index (χ4n) is 5.97. The second-order valence-corrected chi connectivity index (χ2v) is 11.2. The van der Waals surface area contributed by atoms with Gasteiger partial charge in [-0.05, 0) is 61.6 Å². The quantitative estimate of drug-likeness (QED) is 0.442. The van der Waals surface area contributed by atoms with Crippen molar-refractivity contribution in [1.29, 1.82) is 0 Å². The largest absolute Gasteiger partial charge is 0.573 e. The highest BCUT2D eigenvalue weighted by molar-refractivity contribution is 6.30. The molecule has 1 aromatic carbocycles. The zero-order chi connectivity index (χ0) is 28.2. The number of hydrogen-bond acceptors (Lipinski definition) is 7. The fourth-order valence-corrected chi connectivity index (χ4v) is 6.16. The molecule has 1 saturated heterocycles. The van der Waals surface area contributed by atoms with Crippen LogP contribution in [0.4, 0.5) is 19.0 Å². The average Bonchev–Trinajstić information content (AvgIpc) is 3.65. The predicted molar refractivity (Wildman–Crippen MR) is 141 cm³/mol. The summed E-state index contributed by atoms with van der Waals surface area (Å²) in [6.45, 7) is 1.98. The molecule has 1 amide bonds. The van der Waals surface area contributed by atoms with Crippen LogP contribution in [0.3, 0.4) is 0 Å². The summed E-state index contributed by atoms with van der Waals surface area (Å²) < 4.78 is 45.1. The van der Waals surface area contributed by atoms with Crippen molar-refractivity contribution in [2.45, 2.75) is 56.6 Å². The Morgan fingerprint density at radius 2 is 1.88 bits per heavy atom. The van der Waals surface area contributed by atoms with Crippen LogP contribution in [-0.2, 0) is 17.9 Å². The number of hydrogen-bond donors (Lipinski definition) is 0. The van der Waals surface area contributed by atoms with Gasteiger partial charge in [0.2, 0.25) is 5.91 Å². The standard InChI is InChI=1S/C27H29ClF3N7O2/c1-35(2)25(39)26(9-10-26)37-15-18-14-19(28)5-6-20(18)38-22(16-37)33-34-23(38)17-7-12-36(13-8-17)24-21(4-3-11-32-24)40-27(29,30)31/h3-6,11,14,17H,7-10,12-13,15-16H2,1-2H3. The van der Waals surface area contributed by atoms with Crippen molar-refractivity contribution in [2.75, 3.05) is 32.1 Å². The summed E-state index contributed by atoms with van der Waals surface area (Å²) in [6.07, 6.45) is -0.467. The van der Waals surface area contributed by atoms with E-state index < -0.39 is 11.9 Å². The molecule has 2 aliphatic heterocycles. The summed E-state index contributed by atoms with van der Waals surface area (Å²) in [5, 5.41) is 9.81. The molecule has 0 spiro atoms. The van der Waals surface area contributed by atoms with Gasteiger partial charge in [0.1, 0.15) is 11.4 Å². The third kappa shape index (κ3) is 4.87. The molecule has 6 rings (SSSR count). The number of piperidine rings is 1. The monoisotopic (exact) mass is 575 g/mol. The Balaban J connectivity index is 1.28. The molecular weight excluding hydrogens is 547 g/mol. The minimum atomic E-state index is -4.80. The molecule has 13 heteroatoms. The summed E-state index contributed by atoms with van der Waals surface area (Å²) >= 11 is 6.41. The molecule has 1 aliphatic carbocycles. The van der Waals surface area contributed by atoms with Crippen molar-refractivity contribution in [3.8, 4) is 11.4 Å². The van der Waals surface area contributed by atoms with E-state index in [0.717, 1.165) is 35.7 Å². The number of amides is 1. The van der Waals surface area contributed by atoms with Crippen LogP contribution < -0.4 is 9.64 Å². The van der Waals surface area contributed by atoms with Gasteiger partial charge in [-0.3, -0.25) is 14.3 Å². The summed E-state index contributed by atoms with van der Waals surface area (Å²) in [6, 6.07) is 8.45. The van der Waals surface area contributed by atoms with Gasteiger partial charge < -0.3 is 14.5 Å². The highest BCUT2D eigenvalue weighted by Gasteiger charge is 2.56. The Labute approximate surface area is 234 Å². The lowest BCUT2D eigenvalue weighted by Gasteiger charge is -2.33. The number of carbonyl (C=O) groups excluding carboxylic acids is 1. The van der Waals surface area contributed by atoms with Gasteiger partial charge in [0.25, 0.3) is 0 Å². The van der Waals surface area contributed by atoms with E-state index in [1.54, 1.807) is 19.0 Å². The Kier molecular flexibility index (Phi) is 6.65. The molecule has 40 heavy (non-hydrogen) atoms. The number of fused-ring (bicyclic) bond motifs is 3. The first-order chi connectivity index (χ1) is 19.1. The first kappa shape index (κ1) is 26.8. The van der Waals surface area contributed by atoms with Crippen LogP contribution in [0.2, 0.25) is 5.02 Å². The van der Waals surface area contributed by atoms with E-state index in [0.29, 0.717) is 44.0 Å². The molecule has 0 radical (unpaired) electrons. The molecule has 2 fully saturated rings. The normalized spacial score (nSPS) is 19.0. The fraction of sp³-hybridized carbons (Fsp3) is 0.481. The van der Waals surface area contributed by atoms with E-state index in [1.165, 1.54) is 18.3 Å². The zero-order valence-electron chi connectivity index (χ0n) is 22.2. The van der Waals surface area contributed by atoms with E-state index in [2.05, 4.69) is 29.4 Å². The van der Waals surface area contributed by atoms with Gasteiger partial charge in [-0.1, -0.05) is 11.6 Å². The number of anilines is 1. The maximum atomic E-state index is 13.2. The number of rotatable bonds is 5. The number of aromatic nitrogens is 4. The van der Waals surface area contributed by atoms with E-state index in [-0.39, 0.29) is 23.4 Å². The second kappa shape index (κ2) is 9.91. The van der Waals surface area contributed by atoms with Gasteiger partial charge in [-0.2, -0.15) is 0 Å². The topological polar surface area (TPSA) is 79.6 Å². The number of benzene rings is 1. The number of nitrogens with zero attached hydrogens (tertiary/aromatic N) is 7. The predicted octanol–water partition coefficient (Wildman–Crippen LogP) is 4.53. The summed E-state index contributed by atoms with van der Waals surface area (Å²) in [5.74, 6) is 1.53. The smallest absolute Gasteiger partial charge is 0.402 e. The number of carbonyl (C=O) groups is 1. The van der Waals surface area contributed by atoms with Crippen LogP contribution in [0.5, 0.6) is 5.75 Å². The van der Waals surface area contributed by atoms with Crippen LogP contribution in [0.1, 0.15) is 48.8 Å². The van der Waals surface area contributed by atoms with Gasteiger partial charge in [-0.15, -0.1) is 23.4 Å². The molecule has 0 atom stereocenters. The minimum absolute atomic E-state index is 0.0292. The Morgan fingerprint density at radius 3 is 2.55 bits per heavy atom. The Morgan fingerprint density at radius 1 is 1.12 bits per heavy atom. The molecule has 3 aliphatic rings. The van der Waals surface area contributed by atoms with Gasteiger partial charge in [0, 0.05) is 50.9 Å². The van der Waals surface area contributed by atoms with Gasteiger partial charge in [-0.25, -0.2) is 4.98 Å². The Hall–Kier alpha value is -3.38. The second-order valence-electron chi connectivity index (χ2n) is 10.8. The first-order valence-electron chi connectivity index (χ1n) is 13.2. The Bertz CT molecular complexity index is 1430. The molecular formula is C27H29ClF3N7O2. The van der Waals surface area contributed by atoms with Crippen LogP contribution in [0.25, 0.3) is 5.69 Å².